The van der Waals surface area contributed by atoms with Crippen LogP contribution < -0.4 is 21.7 Å². The lowest BCUT2D eigenvalue weighted by Crippen LogP contribution is -2.47. The van der Waals surface area contributed by atoms with Gasteiger partial charge in [-0.15, -0.1) is 0 Å². The number of allylic oxidation sites excluding steroid dienone is 1. The van der Waals surface area contributed by atoms with Crippen molar-refractivity contribution in [2.24, 2.45) is 5.73 Å². The summed E-state index contributed by atoms with van der Waals surface area (Å²) in [5, 5.41) is 17.8. The fourth-order valence-corrected chi connectivity index (χ4v) is 8.41. The van der Waals surface area contributed by atoms with E-state index >= 15 is 8.78 Å². The first kappa shape index (κ1) is 46.5. The van der Waals surface area contributed by atoms with Crippen molar-refractivity contribution in [1.82, 2.24) is 35.3 Å². The van der Waals surface area contributed by atoms with E-state index in [9.17, 15) is 24.0 Å². The first-order valence-electron chi connectivity index (χ1n) is 22.0. The molecule has 0 aliphatic carbocycles. The molecule has 1 aromatic heterocycles. The zero-order chi connectivity index (χ0) is 45.9. The summed E-state index contributed by atoms with van der Waals surface area (Å²) < 4.78 is 36.1. The topological polar surface area (TPSA) is 216 Å². The van der Waals surface area contributed by atoms with E-state index in [1.165, 1.54) is 18.3 Å². The number of primary amides is 1. The quantitative estimate of drug-likeness (QED) is 0.0324. The summed E-state index contributed by atoms with van der Waals surface area (Å²) in [4.78, 5) is 75.7. The molecule has 2 saturated heterocycles. The van der Waals surface area contributed by atoms with E-state index in [0.717, 1.165) is 43.5 Å². The van der Waals surface area contributed by atoms with Gasteiger partial charge in [0.05, 0.1) is 53.8 Å². The van der Waals surface area contributed by atoms with Gasteiger partial charge in [-0.05, 0) is 67.6 Å². The van der Waals surface area contributed by atoms with Crippen LogP contribution in [0.4, 0.5) is 14.5 Å². The average molecular weight is 893 g/mol. The van der Waals surface area contributed by atoms with Crippen LogP contribution >= 0.6 is 0 Å². The highest BCUT2D eigenvalue weighted by Crippen LogP contribution is 2.32. The number of hydrogen-bond acceptors (Lipinski definition) is 13. The fourth-order valence-electron chi connectivity index (χ4n) is 8.41. The molecule has 7 rings (SSSR count). The van der Waals surface area contributed by atoms with Crippen LogP contribution in [0, 0.1) is 17.0 Å². The van der Waals surface area contributed by atoms with Crippen LogP contribution in [0.2, 0.25) is 0 Å². The number of anilines is 1. The highest BCUT2D eigenvalue weighted by molar-refractivity contribution is 6.23. The standard InChI is InChI=1S/C47H54F2N10O6/c48-38-21-30(22-39(49)37(38)28-57-16-19-65-20-17-57)34-7-5-8-40-44(34)56-41(26-55-40)31(24-50)25-54-33-12-15-58(27-33)29-43(61)53-14-4-2-1-3-13-52-32-10-11-35-36(23-32)47(64)59(46(35)63)42(45(51)62)9-6-18-60/h5,7-8,10-11,18,21-26,33,42,50,52,54H,1-4,6,9,12-17,19-20,27-29H2,(H2,51,62)(H,53,61)/b31-25+,50-24?. The molecule has 6 N–H and O–H groups in total. The van der Waals surface area contributed by atoms with Crippen molar-refractivity contribution in [2.45, 2.75) is 63.6 Å². The predicted molar refractivity (Wildman–Crippen MR) is 241 cm³/mol. The van der Waals surface area contributed by atoms with Crippen molar-refractivity contribution < 1.29 is 37.5 Å². The first-order chi connectivity index (χ1) is 31.5. The van der Waals surface area contributed by atoms with Crippen molar-refractivity contribution in [3.05, 3.63) is 94.9 Å². The Bertz CT molecular complexity index is 2440. The van der Waals surface area contributed by atoms with E-state index in [1.54, 1.807) is 48.8 Å². The largest absolute Gasteiger partial charge is 0.386 e. The number of nitrogens with two attached hydrogens (primary N) is 1. The van der Waals surface area contributed by atoms with Crippen molar-refractivity contribution in [1.29, 1.82) is 5.41 Å². The number of carbonyl (C=O) groups excluding carboxylic acids is 5. The molecule has 2 atom stereocenters. The first-order valence-corrected chi connectivity index (χ1v) is 22.0. The molecule has 4 amide bonds. The Labute approximate surface area is 375 Å². The fraction of sp³-hybridized carbons (Fsp3) is 0.404. The number of imide groups is 1. The molecule has 3 aliphatic rings. The average Bonchev–Trinajstić information content (AvgIpc) is 3.85. The normalized spacial score (nSPS) is 17.3. The number of nitrogens with one attached hydrogen (secondary N) is 4. The molecule has 16 nitrogen and oxygen atoms in total. The number of aldehydes is 1. The summed E-state index contributed by atoms with van der Waals surface area (Å²) in [7, 11) is 0. The maximum Gasteiger partial charge on any atom is 0.262 e. The summed E-state index contributed by atoms with van der Waals surface area (Å²) >= 11 is 0. The lowest BCUT2D eigenvalue weighted by atomic mass is 10.0. The van der Waals surface area contributed by atoms with Crippen LogP contribution in [0.5, 0.6) is 0 Å². The third-order valence-corrected chi connectivity index (χ3v) is 11.9. The Morgan fingerprint density at radius 1 is 0.938 bits per heavy atom. The molecule has 4 aromatic rings. The summed E-state index contributed by atoms with van der Waals surface area (Å²) in [5.74, 6) is -3.36. The summed E-state index contributed by atoms with van der Waals surface area (Å²) in [5.41, 5.74) is 9.28. The van der Waals surface area contributed by atoms with Gasteiger partial charge >= 0.3 is 0 Å². The van der Waals surface area contributed by atoms with Gasteiger partial charge in [-0.1, -0.05) is 25.0 Å². The second-order valence-electron chi connectivity index (χ2n) is 16.5. The minimum absolute atomic E-state index is 0.00641. The maximum atomic E-state index is 15.4. The van der Waals surface area contributed by atoms with E-state index in [0.29, 0.717) is 91.3 Å². The van der Waals surface area contributed by atoms with Crippen LogP contribution in [-0.4, -0.2) is 132 Å². The van der Waals surface area contributed by atoms with E-state index < -0.39 is 35.4 Å². The summed E-state index contributed by atoms with van der Waals surface area (Å²) in [6.45, 7) is 5.26. The molecule has 0 bridgehead atoms. The number of ether oxygens (including phenoxy) is 1. The van der Waals surface area contributed by atoms with Gasteiger partial charge in [0.1, 0.15) is 24.0 Å². The number of benzene rings is 3. The number of fused-ring (bicyclic) bond motifs is 2. The molecular formula is C47H54F2N10O6. The van der Waals surface area contributed by atoms with Crippen LogP contribution in [-0.2, 0) is 25.7 Å². The smallest absolute Gasteiger partial charge is 0.262 e. The molecule has 4 heterocycles. The number of likely N-dealkylation sites (tertiary alicyclic amines) is 1. The van der Waals surface area contributed by atoms with E-state index in [-0.39, 0.29) is 54.6 Å². The number of nitrogens with zero attached hydrogens (tertiary/aromatic N) is 5. The molecule has 342 valence electrons. The van der Waals surface area contributed by atoms with Crippen molar-refractivity contribution >= 4 is 58.4 Å². The Hall–Kier alpha value is -6.50. The number of carbonyl (C=O) groups is 5. The second-order valence-corrected chi connectivity index (χ2v) is 16.5. The highest BCUT2D eigenvalue weighted by atomic mass is 19.1. The molecule has 0 spiro atoms. The van der Waals surface area contributed by atoms with Crippen molar-refractivity contribution in [2.75, 3.05) is 64.3 Å². The Morgan fingerprint density at radius 3 is 2.43 bits per heavy atom. The zero-order valence-electron chi connectivity index (χ0n) is 36.1. The molecule has 3 aromatic carbocycles. The maximum absolute atomic E-state index is 15.4. The lowest BCUT2D eigenvalue weighted by Gasteiger charge is -2.27. The van der Waals surface area contributed by atoms with Gasteiger partial charge in [-0.3, -0.25) is 38.9 Å². The second kappa shape index (κ2) is 21.9. The number of rotatable bonds is 22. The van der Waals surface area contributed by atoms with Gasteiger partial charge in [0.2, 0.25) is 11.8 Å². The van der Waals surface area contributed by atoms with E-state index in [2.05, 4.69) is 25.8 Å². The molecule has 0 saturated carbocycles. The van der Waals surface area contributed by atoms with E-state index in [1.807, 2.05) is 4.90 Å². The van der Waals surface area contributed by atoms with Crippen LogP contribution in [0.15, 0.2) is 60.9 Å². The molecule has 0 radical (unpaired) electrons. The molecule has 2 fully saturated rings. The summed E-state index contributed by atoms with van der Waals surface area (Å²) in [6.07, 6.45) is 9.34. The van der Waals surface area contributed by atoms with Crippen molar-refractivity contribution in [3.8, 4) is 11.1 Å². The molecule has 3 aliphatic heterocycles. The van der Waals surface area contributed by atoms with Crippen molar-refractivity contribution in [3.63, 3.8) is 0 Å². The Balaban J connectivity index is 0.822. The Kier molecular flexibility index (Phi) is 15.7. The lowest BCUT2D eigenvalue weighted by molar-refractivity contribution is -0.123. The minimum Gasteiger partial charge on any atom is -0.386 e. The van der Waals surface area contributed by atoms with Gasteiger partial charge in [-0.2, -0.15) is 0 Å². The molecule has 65 heavy (non-hydrogen) atoms. The third-order valence-electron chi connectivity index (χ3n) is 11.9. The number of halogens is 2. The minimum atomic E-state index is -1.19. The number of unbranched alkanes of at least 4 members (excludes halogenated alkanes) is 3. The number of para-hydroxylation sites is 1. The van der Waals surface area contributed by atoms with E-state index in [4.69, 9.17) is 20.9 Å². The van der Waals surface area contributed by atoms with Gasteiger partial charge in [0.25, 0.3) is 11.8 Å². The van der Waals surface area contributed by atoms with Crippen LogP contribution in [0.1, 0.15) is 76.9 Å². The van der Waals surface area contributed by atoms with Gasteiger partial charge < -0.3 is 36.6 Å². The predicted octanol–water partition coefficient (Wildman–Crippen LogP) is 4.28. The molecular weight excluding hydrogens is 839 g/mol. The van der Waals surface area contributed by atoms with Gasteiger partial charge in [0.15, 0.2) is 0 Å². The number of morpholine rings is 1. The Morgan fingerprint density at radius 2 is 1.69 bits per heavy atom. The number of hydrogen-bond donors (Lipinski definition) is 5. The highest BCUT2D eigenvalue weighted by Gasteiger charge is 2.42. The summed E-state index contributed by atoms with van der Waals surface area (Å²) in [6, 6.07) is 11.7. The van der Waals surface area contributed by atoms with Gasteiger partial charge in [0, 0.05) is 93.1 Å². The third kappa shape index (κ3) is 11.4. The monoisotopic (exact) mass is 892 g/mol. The van der Waals surface area contributed by atoms with Crippen LogP contribution in [0.25, 0.3) is 27.7 Å². The molecule has 2 unspecified atom stereocenters. The number of amides is 4. The van der Waals surface area contributed by atoms with Gasteiger partial charge in [-0.25, -0.2) is 13.8 Å². The number of aromatic nitrogens is 2. The zero-order valence-corrected chi connectivity index (χ0v) is 36.1. The van der Waals surface area contributed by atoms with Crippen LogP contribution in [0.3, 0.4) is 0 Å². The SMILES string of the molecule is N=C/C(=C\NC1CCN(CC(=O)NCCCCCCNc2ccc3c(c2)C(=O)N(C(CCC=O)C(N)=O)C3=O)C1)c1cnc2cccc(-c3cc(F)c(CN4CCOCC4)c(F)c3)c2n1. The molecule has 18 heteroatoms.